The van der Waals surface area contributed by atoms with E-state index in [4.69, 9.17) is 9.47 Å². The van der Waals surface area contributed by atoms with Gasteiger partial charge >= 0.3 is 0 Å². The molecule has 0 heterocycles. The van der Waals surface area contributed by atoms with Gasteiger partial charge in [-0.05, 0) is 38.0 Å². The summed E-state index contributed by atoms with van der Waals surface area (Å²) >= 11 is 0. The first-order valence-corrected chi connectivity index (χ1v) is 7.34. The number of hydrogen-bond donors (Lipinski definition) is 2. The van der Waals surface area contributed by atoms with Crippen LogP contribution in [0.3, 0.4) is 0 Å². The monoisotopic (exact) mass is 295 g/mol. The van der Waals surface area contributed by atoms with E-state index in [1.807, 2.05) is 27.7 Å². The zero-order valence-corrected chi connectivity index (χ0v) is 13.2. The lowest BCUT2D eigenvalue weighted by molar-refractivity contribution is 0.0896. The van der Waals surface area contributed by atoms with Crippen LogP contribution < -0.4 is 14.8 Å². The number of carbonyl (C=O) groups excluding carboxylic acids is 1. The van der Waals surface area contributed by atoms with Crippen molar-refractivity contribution >= 4 is 5.91 Å². The fourth-order valence-corrected chi connectivity index (χ4v) is 1.87. The standard InChI is InChI=1S/C16H25NO4/c1-5-20-14-8-7-12(9-15(14)21-6-2)16(19)17-13(10-18)11(3)4/h7-9,11,13,18H,5-6,10H2,1-4H3,(H,17,19). The largest absolute Gasteiger partial charge is 0.490 e. The van der Waals surface area contributed by atoms with Crippen LogP contribution in [-0.4, -0.2) is 36.9 Å². The SMILES string of the molecule is CCOc1ccc(C(=O)NC(CO)C(C)C)cc1OCC. The molecule has 118 valence electrons. The summed E-state index contributed by atoms with van der Waals surface area (Å²) < 4.78 is 11.0. The predicted octanol–water partition coefficient (Wildman–Crippen LogP) is 2.23. The van der Waals surface area contributed by atoms with Crippen molar-refractivity contribution in [2.75, 3.05) is 19.8 Å². The number of rotatable bonds is 8. The Morgan fingerprint density at radius 3 is 2.33 bits per heavy atom. The van der Waals surface area contributed by atoms with Crippen LogP contribution in [0.4, 0.5) is 0 Å². The Morgan fingerprint density at radius 1 is 1.19 bits per heavy atom. The Morgan fingerprint density at radius 2 is 1.81 bits per heavy atom. The molecule has 1 unspecified atom stereocenters. The topological polar surface area (TPSA) is 67.8 Å². The van der Waals surface area contributed by atoms with E-state index in [9.17, 15) is 9.90 Å². The highest BCUT2D eigenvalue weighted by atomic mass is 16.5. The fourth-order valence-electron chi connectivity index (χ4n) is 1.87. The molecule has 0 saturated heterocycles. The number of aliphatic hydroxyl groups excluding tert-OH is 1. The number of aliphatic hydroxyl groups is 1. The molecule has 0 radical (unpaired) electrons. The van der Waals surface area contributed by atoms with Gasteiger partial charge in [-0.25, -0.2) is 0 Å². The maximum Gasteiger partial charge on any atom is 0.251 e. The van der Waals surface area contributed by atoms with E-state index in [-0.39, 0.29) is 24.5 Å². The normalized spacial score (nSPS) is 12.1. The molecular weight excluding hydrogens is 270 g/mol. The lowest BCUT2D eigenvalue weighted by Crippen LogP contribution is -2.41. The Hall–Kier alpha value is -1.75. The van der Waals surface area contributed by atoms with Crippen molar-refractivity contribution in [3.63, 3.8) is 0 Å². The second-order valence-corrected chi connectivity index (χ2v) is 5.03. The number of amides is 1. The zero-order valence-electron chi connectivity index (χ0n) is 13.2. The van der Waals surface area contributed by atoms with Crippen molar-refractivity contribution in [1.82, 2.24) is 5.32 Å². The van der Waals surface area contributed by atoms with Gasteiger partial charge in [0, 0.05) is 5.56 Å². The lowest BCUT2D eigenvalue weighted by Gasteiger charge is -2.20. The Labute approximate surface area is 126 Å². The van der Waals surface area contributed by atoms with E-state index in [0.29, 0.717) is 30.3 Å². The van der Waals surface area contributed by atoms with Gasteiger partial charge in [-0.3, -0.25) is 4.79 Å². The summed E-state index contributed by atoms with van der Waals surface area (Å²) in [5.41, 5.74) is 0.487. The van der Waals surface area contributed by atoms with Crippen LogP contribution >= 0.6 is 0 Å². The smallest absolute Gasteiger partial charge is 0.251 e. The zero-order chi connectivity index (χ0) is 15.8. The fraction of sp³-hybridized carbons (Fsp3) is 0.562. The van der Waals surface area contributed by atoms with Gasteiger partial charge in [0.15, 0.2) is 11.5 Å². The molecule has 0 spiro atoms. The van der Waals surface area contributed by atoms with Gasteiger partial charge in [0.1, 0.15) is 0 Å². The van der Waals surface area contributed by atoms with E-state index in [1.165, 1.54) is 0 Å². The van der Waals surface area contributed by atoms with Crippen LogP contribution in [0, 0.1) is 5.92 Å². The van der Waals surface area contributed by atoms with Crippen LogP contribution in [0.25, 0.3) is 0 Å². The third-order valence-corrected chi connectivity index (χ3v) is 3.12. The molecule has 1 aromatic carbocycles. The van der Waals surface area contributed by atoms with Crippen LogP contribution in [0.15, 0.2) is 18.2 Å². The minimum Gasteiger partial charge on any atom is -0.490 e. The third kappa shape index (κ3) is 4.93. The summed E-state index contributed by atoms with van der Waals surface area (Å²) in [5, 5.41) is 12.1. The molecule has 1 atom stereocenters. The quantitative estimate of drug-likeness (QED) is 0.772. The first-order valence-electron chi connectivity index (χ1n) is 7.34. The number of nitrogens with one attached hydrogen (secondary N) is 1. The minimum atomic E-state index is -0.264. The summed E-state index contributed by atoms with van der Waals surface area (Å²) in [6.07, 6.45) is 0. The highest BCUT2D eigenvalue weighted by Crippen LogP contribution is 2.28. The minimum absolute atomic E-state index is 0.0846. The molecule has 21 heavy (non-hydrogen) atoms. The molecule has 1 amide bonds. The molecule has 0 aromatic heterocycles. The molecule has 0 saturated carbocycles. The van der Waals surface area contributed by atoms with Gasteiger partial charge in [-0.15, -0.1) is 0 Å². The molecule has 2 N–H and O–H groups in total. The second-order valence-electron chi connectivity index (χ2n) is 5.03. The molecule has 0 aliphatic carbocycles. The first kappa shape index (κ1) is 17.3. The van der Waals surface area contributed by atoms with Gasteiger partial charge in [0.2, 0.25) is 0 Å². The summed E-state index contributed by atoms with van der Waals surface area (Å²) in [6.45, 7) is 8.62. The van der Waals surface area contributed by atoms with Gasteiger partial charge < -0.3 is 19.9 Å². The molecule has 0 fully saturated rings. The van der Waals surface area contributed by atoms with Crippen molar-refractivity contribution in [2.24, 2.45) is 5.92 Å². The second kappa shape index (κ2) is 8.52. The number of ether oxygens (including phenoxy) is 2. The van der Waals surface area contributed by atoms with E-state index in [1.54, 1.807) is 18.2 Å². The Bertz CT molecular complexity index is 460. The summed E-state index contributed by atoms with van der Waals surface area (Å²) in [6, 6.07) is 4.82. The van der Waals surface area contributed by atoms with Crippen molar-refractivity contribution in [3.8, 4) is 11.5 Å². The third-order valence-electron chi connectivity index (χ3n) is 3.12. The Balaban J connectivity index is 2.91. The van der Waals surface area contributed by atoms with Gasteiger partial charge in [-0.2, -0.15) is 0 Å². The van der Waals surface area contributed by atoms with E-state index in [0.717, 1.165) is 0 Å². The van der Waals surface area contributed by atoms with Gasteiger partial charge in [0.25, 0.3) is 5.91 Å². The van der Waals surface area contributed by atoms with E-state index >= 15 is 0 Å². The average molecular weight is 295 g/mol. The van der Waals surface area contributed by atoms with E-state index in [2.05, 4.69) is 5.32 Å². The molecule has 1 aromatic rings. The van der Waals surface area contributed by atoms with Gasteiger partial charge in [-0.1, -0.05) is 13.8 Å². The number of carbonyl (C=O) groups is 1. The van der Waals surface area contributed by atoms with Crippen LogP contribution in [0.1, 0.15) is 38.1 Å². The maximum absolute atomic E-state index is 12.2. The molecular formula is C16H25NO4. The number of benzene rings is 1. The highest BCUT2D eigenvalue weighted by molar-refractivity contribution is 5.95. The molecule has 5 nitrogen and oxygen atoms in total. The maximum atomic E-state index is 12.2. The van der Waals surface area contributed by atoms with E-state index < -0.39 is 0 Å². The van der Waals surface area contributed by atoms with Crippen molar-refractivity contribution < 1.29 is 19.4 Å². The predicted molar refractivity (Wildman–Crippen MR) is 82.0 cm³/mol. The summed E-state index contributed by atoms with van der Waals surface area (Å²) in [5.74, 6) is 1.11. The molecule has 1 rings (SSSR count). The lowest BCUT2D eigenvalue weighted by atomic mass is 10.0. The van der Waals surface area contributed by atoms with Crippen LogP contribution in [0.2, 0.25) is 0 Å². The average Bonchev–Trinajstić information content (AvgIpc) is 2.46. The Kier molecular flexibility index (Phi) is 7.02. The summed E-state index contributed by atoms with van der Waals surface area (Å²) in [7, 11) is 0. The van der Waals surface area contributed by atoms with Crippen molar-refractivity contribution in [2.45, 2.75) is 33.7 Å². The van der Waals surface area contributed by atoms with Gasteiger partial charge in [0.05, 0.1) is 25.9 Å². The van der Waals surface area contributed by atoms with Crippen LogP contribution in [0.5, 0.6) is 11.5 Å². The molecule has 0 aliphatic rings. The van der Waals surface area contributed by atoms with Crippen molar-refractivity contribution in [1.29, 1.82) is 0 Å². The number of hydrogen-bond acceptors (Lipinski definition) is 4. The highest BCUT2D eigenvalue weighted by Gasteiger charge is 2.17. The molecule has 0 bridgehead atoms. The first-order chi connectivity index (χ1) is 10.0. The summed E-state index contributed by atoms with van der Waals surface area (Å²) in [4.78, 5) is 12.2. The molecule has 5 heteroatoms. The molecule has 0 aliphatic heterocycles. The van der Waals surface area contributed by atoms with Crippen molar-refractivity contribution in [3.05, 3.63) is 23.8 Å². The van der Waals surface area contributed by atoms with Crippen LogP contribution in [-0.2, 0) is 0 Å².